The van der Waals surface area contributed by atoms with Crippen molar-refractivity contribution in [3.8, 4) is 11.1 Å². The Labute approximate surface area is 306 Å². The van der Waals surface area contributed by atoms with Gasteiger partial charge in [-0.15, -0.1) is 0 Å². The largest absolute Gasteiger partial charge is 0.481 e. The molecule has 0 fully saturated rings. The van der Waals surface area contributed by atoms with Crippen molar-refractivity contribution >= 4 is 29.6 Å². The van der Waals surface area contributed by atoms with Crippen LogP contribution in [0.4, 0.5) is 0 Å². The van der Waals surface area contributed by atoms with Gasteiger partial charge in [-0.3, -0.25) is 19.2 Å². The molecule has 1 atom stereocenters. The first-order chi connectivity index (χ1) is 24.9. The lowest BCUT2D eigenvalue weighted by Crippen LogP contribution is -2.44. The van der Waals surface area contributed by atoms with E-state index in [0.29, 0.717) is 78.4 Å². The number of unbranched alkanes of at least 4 members (excludes halogenated alkanes) is 2. The normalized spacial score (nSPS) is 12.8. The van der Waals surface area contributed by atoms with E-state index < -0.39 is 29.5 Å². The molecular formula is C40H55NO11. The second-order valence-electron chi connectivity index (χ2n) is 13.8. The highest BCUT2D eigenvalue weighted by molar-refractivity contribution is 5.88. The monoisotopic (exact) mass is 725 g/mol. The van der Waals surface area contributed by atoms with E-state index in [2.05, 4.69) is 29.6 Å². The number of ketones is 1. The fourth-order valence-corrected chi connectivity index (χ4v) is 5.76. The molecule has 0 aromatic heterocycles. The molecule has 1 amide bonds. The molecule has 0 heterocycles. The van der Waals surface area contributed by atoms with Crippen LogP contribution in [0, 0.1) is 0 Å². The van der Waals surface area contributed by atoms with Crippen molar-refractivity contribution in [2.24, 2.45) is 0 Å². The van der Waals surface area contributed by atoms with Crippen LogP contribution < -0.4 is 5.32 Å². The summed E-state index contributed by atoms with van der Waals surface area (Å²) in [6.45, 7) is 8.15. The summed E-state index contributed by atoms with van der Waals surface area (Å²) >= 11 is 0. The predicted octanol–water partition coefficient (Wildman–Crippen LogP) is 5.77. The highest BCUT2D eigenvalue weighted by Gasteiger charge is 2.29. The van der Waals surface area contributed by atoms with E-state index in [4.69, 9.17) is 28.8 Å². The number of carbonyl (C=O) groups excluding carboxylic acids is 4. The first-order valence-corrected chi connectivity index (χ1v) is 18.3. The smallest absolute Gasteiger partial charge is 0.329 e. The summed E-state index contributed by atoms with van der Waals surface area (Å²) in [5.74, 6) is -2.50. The summed E-state index contributed by atoms with van der Waals surface area (Å²) < 4.78 is 27.6. The van der Waals surface area contributed by atoms with Crippen molar-refractivity contribution in [3.05, 3.63) is 59.7 Å². The summed E-state index contributed by atoms with van der Waals surface area (Å²) in [5.41, 5.74) is 4.04. The van der Waals surface area contributed by atoms with E-state index in [9.17, 15) is 24.0 Å². The molecule has 0 radical (unpaired) electrons. The van der Waals surface area contributed by atoms with Crippen LogP contribution in [0.1, 0.15) is 102 Å². The van der Waals surface area contributed by atoms with Crippen molar-refractivity contribution < 1.29 is 52.8 Å². The quantitative estimate of drug-likeness (QED) is 0.0894. The number of carboxylic acid groups (broad SMARTS) is 1. The van der Waals surface area contributed by atoms with Gasteiger partial charge >= 0.3 is 17.9 Å². The second-order valence-corrected chi connectivity index (χ2v) is 13.8. The average molecular weight is 726 g/mol. The number of hydrogen-bond donors (Lipinski definition) is 2. The third-order valence-electron chi connectivity index (χ3n) is 8.34. The van der Waals surface area contributed by atoms with Crippen molar-refractivity contribution in [2.45, 2.75) is 103 Å². The molecule has 12 nitrogen and oxygen atoms in total. The Morgan fingerprint density at radius 3 is 1.79 bits per heavy atom. The number of rotatable bonds is 26. The molecule has 0 spiro atoms. The average Bonchev–Trinajstić information content (AvgIpc) is 3.42. The molecule has 0 saturated heterocycles. The molecular weight excluding hydrogens is 670 g/mol. The number of nitrogens with one attached hydrogen (secondary N) is 1. The van der Waals surface area contributed by atoms with Crippen LogP contribution in [-0.4, -0.2) is 92.6 Å². The first-order valence-electron chi connectivity index (χ1n) is 18.3. The standard InChI is InChI=1S/C40H55NO11/c1-40(2,3)52-39(47)35(19-21-37(44)45)41-36(43)20-18-29(42)12-8-10-22-48-24-26-50-27-25-49-23-11-9-17-38(46)51-28-34-32-15-6-4-13-30(32)31-14-5-7-16-33(31)34/h4-7,13-16,34-35H,8-12,17-28H2,1-3H3,(H,41,43)(H,44,45). The number of carbonyl (C=O) groups is 5. The van der Waals surface area contributed by atoms with Gasteiger partial charge in [-0.2, -0.15) is 0 Å². The van der Waals surface area contributed by atoms with Crippen LogP contribution in [0.15, 0.2) is 48.5 Å². The Hall–Kier alpha value is -4.13. The molecule has 1 aliphatic rings. The van der Waals surface area contributed by atoms with Crippen molar-refractivity contribution in [2.75, 3.05) is 46.2 Å². The van der Waals surface area contributed by atoms with Gasteiger partial charge in [0.15, 0.2) is 0 Å². The lowest BCUT2D eigenvalue weighted by atomic mass is 9.98. The van der Waals surface area contributed by atoms with Gasteiger partial charge in [0.2, 0.25) is 5.91 Å². The van der Waals surface area contributed by atoms with E-state index in [-0.39, 0.29) is 43.4 Å². The molecule has 0 bridgehead atoms. The van der Waals surface area contributed by atoms with Crippen molar-refractivity contribution in [1.29, 1.82) is 0 Å². The van der Waals surface area contributed by atoms with Gasteiger partial charge < -0.3 is 34.1 Å². The Bertz CT molecular complexity index is 1410. The number of benzene rings is 2. The van der Waals surface area contributed by atoms with Crippen molar-refractivity contribution in [3.63, 3.8) is 0 Å². The Morgan fingerprint density at radius 2 is 1.23 bits per heavy atom. The van der Waals surface area contributed by atoms with Gasteiger partial charge in [0.25, 0.3) is 0 Å². The maximum absolute atomic E-state index is 12.4. The minimum absolute atomic E-state index is 0.0289. The fraction of sp³-hybridized carbons (Fsp3) is 0.575. The van der Waals surface area contributed by atoms with Crippen LogP contribution in [0.2, 0.25) is 0 Å². The van der Waals surface area contributed by atoms with Gasteiger partial charge in [0.05, 0.1) is 26.4 Å². The highest BCUT2D eigenvalue weighted by Crippen LogP contribution is 2.44. The summed E-state index contributed by atoms with van der Waals surface area (Å²) in [5, 5.41) is 11.5. The lowest BCUT2D eigenvalue weighted by Gasteiger charge is -2.24. The number of ether oxygens (including phenoxy) is 5. The SMILES string of the molecule is CC(C)(C)OC(=O)C(CCC(=O)O)NC(=O)CCC(=O)CCCCOCCOCCOCCCCC(=O)OCC1c2ccccc2-c2ccccc21. The minimum Gasteiger partial charge on any atom is -0.481 e. The molecule has 52 heavy (non-hydrogen) atoms. The van der Waals surface area contributed by atoms with E-state index in [1.54, 1.807) is 20.8 Å². The Balaban J connectivity index is 1.11. The van der Waals surface area contributed by atoms with E-state index in [1.165, 1.54) is 22.3 Å². The molecule has 3 rings (SSSR count). The Morgan fingerprint density at radius 1 is 0.692 bits per heavy atom. The maximum atomic E-state index is 12.4. The molecule has 2 aromatic carbocycles. The molecule has 0 aliphatic heterocycles. The third kappa shape index (κ3) is 16.0. The van der Waals surface area contributed by atoms with Gasteiger partial charge in [-0.05, 0) is 75.1 Å². The predicted molar refractivity (Wildman–Crippen MR) is 194 cm³/mol. The summed E-state index contributed by atoms with van der Waals surface area (Å²) in [4.78, 5) is 60.2. The number of fused-ring (bicyclic) bond motifs is 3. The van der Waals surface area contributed by atoms with E-state index >= 15 is 0 Å². The van der Waals surface area contributed by atoms with Gasteiger partial charge in [-0.1, -0.05) is 48.5 Å². The zero-order valence-corrected chi connectivity index (χ0v) is 30.8. The topological polar surface area (TPSA) is 164 Å². The minimum atomic E-state index is -1.09. The molecule has 286 valence electrons. The van der Waals surface area contributed by atoms with Gasteiger partial charge in [0, 0.05) is 51.2 Å². The lowest BCUT2D eigenvalue weighted by molar-refractivity contribution is -0.159. The zero-order chi connectivity index (χ0) is 37.8. The summed E-state index contributed by atoms with van der Waals surface area (Å²) in [7, 11) is 0. The van der Waals surface area contributed by atoms with Gasteiger partial charge in [-0.25, -0.2) is 4.79 Å². The van der Waals surface area contributed by atoms with Crippen LogP contribution >= 0.6 is 0 Å². The number of hydrogen-bond acceptors (Lipinski definition) is 10. The fourth-order valence-electron chi connectivity index (χ4n) is 5.76. The number of carboxylic acids is 1. The van der Waals surface area contributed by atoms with E-state index in [1.807, 2.05) is 24.3 Å². The first kappa shape index (κ1) is 42.3. The Kier molecular flexibility index (Phi) is 18.5. The van der Waals surface area contributed by atoms with Crippen LogP contribution in [-0.2, 0) is 47.7 Å². The maximum Gasteiger partial charge on any atom is 0.329 e. The van der Waals surface area contributed by atoms with Crippen LogP contribution in [0.5, 0.6) is 0 Å². The highest BCUT2D eigenvalue weighted by atomic mass is 16.6. The van der Waals surface area contributed by atoms with E-state index in [0.717, 1.165) is 6.42 Å². The number of aliphatic carboxylic acids is 1. The van der Waals surface area contributed by atoms with Crippen LogP contribution in [0.3, 0.4) is 0 Å². The summed E-state index contributed by atoms with van der Waals surface area (Å²) in [6, 6.07) is 15.5. The molecule has 1 unspecified atom stereocenters. The number of esters is 2. The molecule has 0 saturated carbocycles. The third-order valence-corrected chi connectivity index (χ3v) is 8.34. The molecule has 2 N–H and O–H groups in total. The second kappa shape index (κ2) is 22.7. The summed E-state index contributed by atoms with van der Waals surface area (Å²) in [6.07, 6.45) is 2.96. The molecule has 12 heteroatoms. The molecule has 1 aliphatic carbocycles. The number of amides is 1. The number of Topliss-reactive ketones (excluding diaryl/α,β-unsaturated/α-hetero) is 1. The molecule has 2 aromatic rings. The zero-order valence-electron chi connectivity index (χ0n) is 30.8. The van der Waals surface area contributed by atoms with Gasteiger partial charge in [0.1, 0.15) is 24.0 Å². The van der Waals surface area contributed by atoms with Crippen molar-refractivity contribution in [1.82, 2.24) is 5.32 Å². The van der Waals surface area contributed by atoms with Crippen LogP contribution in [0.25, 0.3) is 11.1 Å².